The number of hydrogen-bond acceptors (Lipinski definition) is 5. The Morgan fingerprint density at radius 2 is 2.08 bits per heavy atom. The third kappa shape index (κ3) is 3.33. The van der Waals surface area contributed by atoms with E-state index < -0.39 is 6.04 Å². The summed E-state index contributed by atoms with van der Waals surface area (Å²) in [5.74, 6) is -0.140. The minimum Gasteiger partial charge on any atom is -0.379 e. The number of hydrogen-bond donors (Lipinski definition) is 0. The highest BCUT2D eigenvalue weighted by atomic mass is 32.1. The van der Waals surface area contributed by atoms with Crippen LogP contribution in [0, 0.1) is 5.82 Å². The fraction of sp³-hybridized carbons (Fsp3) is 0.263. The van der Waals surface area contributed by atoms with Crippen LogP contribution < -0.4 is 0 Å². The van der Waals surface area contributed by atoms with Crippen molar-refractivity contribution in [2.24, 2.45) is 0 Å². The monoisotopic (exact) mass is 371 g/mol. The number of benzene rings is 1. The standard InChI is InChI=1S/C19H18FN3O2S/c20-15-4-1-3-14(13-15)17(22-8-10-25-11-9-22)18(24)19-21-6-7-23(19)16-5-2-12-26-16/h1-7,12-13,17H,8-11H2/t17-/m0/s1. The second-order valence-corrected chi connectivity index (χ2v) is 6.97. The molecule has 26 heavy (non-hydrogen) atoms. The number of Topliss-reactive ketones (excluding diaryl/α,β-unsaturated/α-hetero) is 1. The van der Waals surface area contributed by atoms with Crippen molar-refractivity contribution in [2.75, 3.05) is 26.3 Å². The Morgan fingerprint density at radius 1 is 1.23 bits per heavy atom. The third-order valence-corrected chi connectivity index (χ3v) is 5.30. The lowest BCUT2D eigenvalue weighted by Crippen LogP contribution is -2.42. The van der Waals surface area contributed by atoms with Crippen molar-refractivity contribution < 1.29 is 13.9 Å². The number of rotatable bonds is 5. The highest BCUT2D eigenvalue weighted by Gasteiger charge is 2.32. The number of halogens is 1. The number of morpholine rings is 1. The molecule has 0 spiro atoms. The molecule has 0 saturated carbocycles. The van der Waals surface area contributed by atoms with Gasteiger partial charge in [-0.1, -0.05) is 12.1 Å². The Balaban J connectivity index is 1.74. The summed E-state index contributed by atoms with van der Waals surface area (Å²) in [5.41, 5.74) is 0.637. The van der Waals surface area contributed by atoms with Crippen molar-refractivity contribution in [2.45, 2.75) is 6.04 Å². The maximum atomic E-state index is 13.8. The van der Waals surface area contributed by atoms with Crippen LogP contribution in [0.1, 0.15) is 22.2 Å². The summed E-state index contributed by atoms with van der Waals surface area (Å²) in [6, 6.07) is 9.52. The summed E-state index contributed by atoms with van der Waals surface area (Å²) in [4.78, 5) is 19.8. The summed E-state index contributed by atoms with van der Waals surface area (Å²) in [6.07, 6.45) is 3.40. The van der Waals surface area contributed by atoms with Crippen LogP contribution in [-0.2, 0) is 4.74 Å². The summed E-state index contributed by atoms with van der Waals surface area (Å²) in [5, 5.41) is 2.88. The lowest BCUT2D eigenvalue weighted by molar-refractivity contribution is 0.0168. The summed E-state index contributed by atoms with van der Waals surface area (Å²) < 4.78 is 21.0. The van der Waals surface area contributed by atoms with Gasteiger partial charge in [0.25, 0.3) is 0 Å². The van der Waals surface area contributed by atoms with Gasteiger partial charge >= 0.3 is 0 Å². The van der Waals surface area contributed by atoms with Crippen molar-refractivity contribution in [1.82, 2.24) is 14.5 Å². The molecule has 1 saturated heterocycles. The molecular weight excluding hydrogens is 353 g/mol. The normalized spacial score (nSPS) is 16.5. The number of thiophene rings is 1. The summed E-state index contributed by atoms with van der Waals surface area (Å²) in [6.45, 7) is 2.34. The Labute approximate surface area is 154 Å². The van der Waals surface area contributed by atoms with E-state index in [1.54, 1.807) is 29.1 Å². The van der Waals surface area contributed by atoms with Crippen LogP contribution in [0.2, 0.25) is 0 Å². The van der Waals surface area contributed by atoms with E-state index in [0.717, 1.165) is 5.00 Å². The van der Waals surface area contributed by atoms with Crippen LogP contribution in [0.5, 0.6) is 0 Å². The highest BCUT2D eigenvalue weighted by Crippen LogP contribution is 2.28. The van der Waals surface area contributed by atoms with E-state index in [2.05, 4.69) is 4.98 Å². The highest BCUT2D eigenvalue weighted by molar-refractivity contribution is 7.12. The van der Waals surface area contributed by atoms with Gasteiger partial charge in [0.2, 0.25) is 5.78 Å². The first kappa shape index (κ1) is 17.1. The third-order valence-electron chi connectivity index (χ3n) is 4.43. The van der Waals surface area contributed by atoms with Gasteiger partial charge in [0.1, 0.15) is 16.9 Å². The molecule has 2 aromatic heterocycles. The Hall–Kier alpha value is -2.35. The first-order valence-corrected chi connectivity index (χ1v) is 9.31. The van der Waals surface area contributed by atoms with Crippen LogP contribution in [0.15, 0.2) is 54.2 Å². The second kappa shape index (κ2) is 7.49. The first-order chi connectivity index (χ1) is 12.7. The molecule has 5 nitrogen and oxygen atoms in total. The van der Waals surface area contributed by atoms with Crippen LogP contribution in [0.25, 0.3) is 5.00 Å². The quantitative estimate of drug-likeness (QED) is 0.646. The molecule has 3 heterocycles. The largest absolute Gasteiger partial charge is 0.379 e. The van der Waals surface area contributed by atoms with E-state index in [-0.39, 0.29) is 11.6 Å². The van der Waals surface area contributed by atoms with Gasteiger partial charge < -0.3 is 4.74 Å². The lowest BCUT2D eigenvalue weighted by atomic mass is 9.99. The van der Waals surface area contributed by atoms with E-state index in [1.807, 2.05) is 22.4 Å². The SMILES string of the molecule is O=C(c1nccn1-c1cccs1)[C@H](c1cccc(F)c1)N1CCOCC1. The van der Waals surface area contributed by atoms with Crippen molar-refractivity contribution >= 4 is 17.1 Å². The van der Waals surface area contributed by atoms with E-state index in [4.69, 9.17) is 4.74 Å². The van der Waals surface area contributed by atoms with Crippen molar-refractivity contribution in [3.63, 3.8) is 0 Å². The second-order valence-electron chi connectivity index (χ2n) is 6.04. The topological polar surface area (TPSA) is 47.4 Å². The van der Waals surface area contributed by atoms with Crippen LogP contribution >= 0.6 is 11.3 Å². The summed E-state index contributed by atoms with van der Waals surface area (Å²) >= 11 is 1.53. The average molecular weight is 371 g/mol. The Kier molecular flexibility index (Phi) is 4.92. The molecule has 0 aliphatic carbocycles. The molecular formula is C19H18FN3O2S. The molecule has 1 aromatic carbocycles. The molecule has 3 aromatic rings. The first-order valence-electron chi connectivity index (χ1n) is 8.43. The fourth-order valence-corrected chi connectivity index (χ4v) is 3.95. The minimum absolute atomic E-state index is 0.143. The number of ether oxygens (including phenoxy) is 1. The minimum atomic E-state index is -0.587. The van der Waals surface area contributed by atoms with Gasteiger partial charge in [-0.15, -0.1) is 11.3 Å². The molecule has 1 aliphatic heterocycles. The molecule has 0 bridgehead atoms. The number of aromatic nitrogens is 2. The maximum absolute atomic E-state index is 13.8. The van der Waals surface area contributed by atoms with Gasteiger partial charge in [0.05, 0.1) is 13.2 Å². The van der Waals surface area contributed by atoms with E-state index in [0.29, 0.717) is 37.7 Å². The number of carbonyl (C=O) groups excluding carboxylic acids is 1. The number of ketones is 1. The van der Waals surface area contributed by atoms with E-state index in [9.17, 15) is 9.18 Å². The summed E-state index contributed by atoms with van der Waals surface area (Å²) in [7, 11) is 0. The maximum Gasteiger partial charge on any atom is 0.220 e. The van der Waals surface area contributed by atoms with Crippen LogP contribution in [0.3, 0.4) is 0 Å². The zero-order valence-corrected chi connectivity index (χ0v) is 14.9. The zero-order chi connectivity index (χ0) is 17.9. The average Bonchev–Trinajstić information content (AvgIpc) is 3.34. The van der Waals surface area contributed by atoms with Gasteiger partial charge in [0.15, 0.2) is 5.82 Å². The number of imidazole rings is 1. The molecule has 1 aliphatic rings. The van der Waals surface area contributed by atoms with Gasteiger partial charge in [-0.3, -0.25) is 14.3 Å². The predicted octanol–water partition coefficient (Wildman–Crippen LogP) is 3.33. The molecule has 134 valence electrons. The number of carbonyl (C=O) groups is 1. The molecule has 0 unspecified atom stereocenters. The van der Waals surface area contributed by atoms with Crippen LogP contribution in [0.4, 0.5) is 4.39 Å². The molecule has 1 atom stereocenters. The molecule has 7 heteroatoms. The van der Waals surface area contributed by atoms with Crippen LogP contribution in [-0.4, -0.2) is 46.5 Å². The van der Waals surface area contributed by atoms with E-state index >= 15 is 0 Å². The Bertz CT molecular complexity index is 888. The molecule has 0 N–H and O–H groups in total. The lowest BCUT2D eigenvalue weighted by Gasteiger charge is -2.33. The molecule has 1 fully saturated rings. The Morgan fingerprint density at radius 3 is 2.81 bits per heavy atom. The zero-order valence-electron chi connectivity index (χ0n) is 14.0. The van der Waals surface area contributed by atoms with Gasteiger partial charge in [0, 0.05) is 25.5 Å². The molecule has 0 radical (unpaired) electrons. The fourth-order valence-electron chi connectivity index (χ4n) is 3.23. The van der Waals surface area contributed by atoms with Crippen molar-refractivity contribution in [1.29, 1.82) is 0 Å². The van der Waals surface area contributed by atoms with E-state index in [1.165, 1.54) is 23.5 Å². The van der Waals surface area contributed by atoms with Gasteiger partial charge in [-0.05, 0) is 35.2 Å². The smallest absolute Gasteiger partial charge is 0.220 e. The number of nitrogens with zero attached hydrogens (tertiary/aromatic N) is 3. The van der Waals surface area contributed by atoms with Crippen molar-refractivity contribution in [3.05, 3.63) is 71.4 Å². The molecule has 0 amide bonds. The predicted molar refractivity (Wildman–Crippen MR) is 97.3 cm³/mol. The molecule has 4 rings (SSSR count). The van der Waals surface area contributed by atoms with Gasteiger partial charge in [-0.2, -0.15) is 0 Å². The van der Waals surface area contributed by atoms with Crippen molar-refractivity contribution in [3.8, 4) is 5.00 Å². The van der Waals surface area contributed by atoms with Gasteiger partial charge in [-0.25, -0.2) is 9.37 Å².